The lowest BCUT2D eigenvalue weighted by Gasteiger charge is -2.37. The number of phenolic OH excluding ortho intramolecular Hbond substituents is 1. The van der Waals surface area contributed by atoms with Gasteiger partial charge in [-0.3, -0.25) is 0 Å². The van der Waals surface area contributed by atoms with Crippen LogP contribution >= 0.6 is 0 Å². The molecule has 3 saturated heterocycles. The SMILES string of the molecule is Oc1ccc(CNC23CNCCNCC(CNCCNC2)CNCCNC3)cc1. The second kappa shape index (κ2) is 12.4. The normalized spacial score (nSPS) is 28.5. The van der Waals surface area contributed by atoms with Crippen LogP contribution in [0.1, 0.15) is 5.56 Å². The van der Waals surface area contributed by atoms with E-state index in [4.69, 9.17) is 0 Å². The van der Waals surface area contributed by atoms with Crippen molar-refractivity contribution in [1.29, 1.82) is 0 Å². The molecule has 0 amide bonds. The first-order valence-electron chi connectivity index (χ1n) is 11.0. The van der Waals surface area contributed by atoms with Crippen LogP contribution in [0.2, 0.25) is 0 Å². The average molecular weight is 406 g/mol. The summed E-state index contributed by atoms with van der Waals surface area (Å²) in [6, 6.07) is 7.46. The summed E-state index contributed by atoms with van der Waals surface area (Å²) in [7, 11) is 0. The van der Waals surface area contributed by atoms with Crippen molar-refractivity contribution in [2.75, 3.05) is 78.5 Å². The smallest absolute Gasteiger partial charge is 0.115 e. The topological polar surface area (TPSA) is 104 Å². The van der Waals surface area contributed by atoms with Gasteiger partial charge >= 0.3 is 0 Å². The van der Waals surface area contributed by atoms with Crippen LogP contribution in [0, 0.1) is 5.92 Å². The summed E-state index contributed by atoms with van der Waals surface area (Å²) < 4.78 is 0. The van der Waals surface area contributed by atoms with Gasteiger partial charge in [-0.2, -0.15) is 0 Å². The molecular weight excluding hydrogens is 366 g/mol. The van der Waals surface area contributed by atoms with Crippen molar-refractivity contribution < 1.29 is 5.11 Å². The van der Waals surface area contributed by atoms with E-state index in [0.717, 1.165) is 85.1 Å². The van der Waals surface area contributed by atoms with Crippen molar-refractivity contribution in [2.24, 2.45) is 5.92 Å². The van der Waals surface area contributed by atoms with Gasteiger partial charge in [0.2, 0.25) is 0 Å². The molecule has 0 aliphatic carbocycles. The van der Waals surface area contributed by atoms with E-state index in [2.05, 4.69) is 37.2 Å². The Hall–Kier alpha value is -1.26. The molecule has 3 aliphatic heterocycles. The number of hydrogen-bond acceptors (Lipinski definition) is 8. The molecule has 8 heteroatoms. The summed E-state index contributed by atoms with van der Waals surface area (Å²) in [5.74, 6) is 0.912. The standard InChI is InChI=1S/C21H39N7O/c29-20-3-1-18(2-4-20)14-28-21-15-25-8-5-22-11-19(12-23-6-9-26-16-21)13-24-7-10-27-17-21/h1-4,19,22-29H,5-17H2. The van der Waals surface area contributed by atoms with Gasteiger partial charge in [0, 0.05) is 85.1 Å². The molecule has 29 heavy (non-hydrogen) atoms. The van der Waals surface area contributed by atoms with Crippen LogP contribution in [0.4, 0.5) is 0 Å². The second-order valence-corrected chi connectivity index (χ2v) is 8.31. The zero-order valence-corrected chi connectivity index (χ0v) is 17.5. The third kappa shape index (κ3) is 8.18. The molecule has 0 atom stereocenters. The maximum atomic E-state index is 9.54. The highest BCUT2D eigenvalue weighted by Gasteiger charge is 2.29. The molecule has 0 unspecified atom stereocenters. The van der Waals surface area contributed by atoms with Gasteiger partial charge in [-0.1, -0.05) is 12.1 Å². The van der Waals surface area contributed by atoms with Gasteiger partial charge in [0.25, 0.3) is 0 Å². The number of nitrogens with one attached hydrogen (secondary N) is 7. The molecule has 4 rings (SSSR count). The first-order valence-corrected chi connectivity index (χ1v) is 11.0. The van der Waals surface area contributed by atoms with Gasteiger partial charge in [-0.15, -0.1) is 0 Å². The monoisotopic (exact) mass is 405 g/mol. The van der Waals surface area contributed by atoms with Gasteiger partial charge in [-0.05, 0) is 23.6 Å². The number of aromatic hydroxyl groups is 1. The van der Waals surface area contributed by atoms with Gasteiger partial charge in [-0.25, -0.2) is 0 Å². The summed E-state index contributed by atoms with van der Waals surface area (Å²) in [6.07, 6.45) is 0. The minimum Gasteiger partial charge on any atom is -0.508 e. The Balaban J connectivity index is 1.68. The predicted molar refractivity (Wildman–Crippen MR) is 118 cm³/mol. The van der Waals surface area contributed by atoms with E-state index < -0.39 is 0 Å². The van der Waals surface area contributed by atoms with Crippen LogP contribution in [-0.4, -0.2) is 89.2 Å². The van der Waals surface area contributed by atoms with E-state index in [1.54, 1.807) is 12.1 Å². The van der Waals surface area contributed by atoms with Crippen LogP contribution in [0.25, 0.3) is 0 Å². The maximum Gasteiger partial charge on any atom is 0.115 e. The fourth-order valence-electron chi connectivity index (χ4n) is 3.93. The number of benzene rings is 1. The summed E-state index contributed by atoms with van der Waals surface area (Å²) in [4.78, 5) is 0. The summed E-state index contributed by atoms with van der Waals surface area (Å²) in [5, 5.41) is 35.2. The van der Waals surface area contributed by atoms with Crippen LogP contribution in [0.15, 0.2) is 24.3 Å². The third-order valence-electron chi connectivity index (χ3n) is 5.73. The van der Waals surface area contributed by atoms with E-state index in [0.29, 0.717) is 11.7 Å². The lowest BCUT2D eigenvalue weighted by atomic mass is 9.97. The maximum absolute atomic E-state index is 9.54. The molecule has 164 valence electrons. The molecule has 0 spiro atoms. The molecule has 0 saturated carbocycles. The molecule has 0 radical (unpaired) electrons. The fourth-order valence-corrected chi connectivity index (χ4v) is 3.93. The summed E-state index contributed by atoms with van der Waals surface area (Å²) >= 11 is 0. The Morgan fingerprint density at radius 2 is 1.17 bits per heavy atom. The Kier molecular flexibility index (Phi) is 9.62. The highest BCUT2D eigenvalue weighted by Crippen LogP contribution is 2.11. The van der Waals surface area contributed by atoms with Gasteiger partial charge < -0.3 is 42.3 Å². The summed E-state index contributed by atoms with van der Waals surface area (Å²) in [5.41, 5.74) is 1.07. The van der Waals surface area contributed by atoms with Crippen molar-refractivity contribution in [1.82, 2.24) is 37.2 Å². The second-order valence-electron chi connectivity index (χ2n) is 8.31. The fraction of sp³-hybridized carbons (Fsp3) is 0.714. The van der Waals surface area contributed by atoms with E-state index >= 15 is 0 Å². The minimum atomic E-state index is -0.103. The quantitative estimate of drug-likeness (QED) is 0.304. The van der Waals surface area contributed by atoms with Crippen molar-refractivity contribution >= 4 is 0 Å². The Morgan fingerprint density at radius 1 is 0.724 bits per heavy atom. The Morgan fingerprint density at radius 3 is 1.66 bits per heavy atom. The lowest BCUT2D eigenvalue weighted by molar-refractivity contribution is 0.273. The highest BCUT2D eigenvalue weighted by molar-refractivity contribution is 5.26. The number of fused-ring (bicyclic) bond motifs is 15. The molecule has 1 aromatic carbocycles. The van der Waals surface area contributed by atoms with Gasteiger partial charge in [0.15, 0.2) is 0 Å². The van der Waals surface area contributed by atoms with Crippen LogP contribution < -0.4 is 37.2 Å². The molecule has 8 N–H and O–H groups in total. The molecule has 2 bridgehead atoms. The van der Waals surface area contributed by atoms with Crippen molar-refractivity contribution in [2.45, 2.75) is 12.1 Å². The first-order chi connectivity index (χ1) is 14.3. The van der Waals surface area contributed by atoms with E-state index in [1.165, 1.54) is 5.56 Å². The zero-order chi connectivity index (χ0) is 20.2. The van der Waals surface area contributed by atoms with E-state index in [-0.39, 0.29) is 5.54 Å². The molecule has 3 heterocycles. The molecule has 0 aromatic heterocycles. The zero-order valence-electron chi connectivity index (χ0n) is 17.5. The van der Waals surface area contributed by atoms with Crippen molar-refractivity contribution in [3.8, 4) is 5.75 Å². The summed E-state index contributed by atoms with van der Waals surface area (Å²) in [6.45, 7) is 12.3. The van der Waals surface area contributed by atoms with Gasteiger partial charge in [0.05, 0.1) is 5.54 Å². The van der Waals surface area contributed by atoms with E-state index in [1.807, 2.05) is 12.1 Å². The molecule has 8 nitrogen and oxygen atoms in total. The number of phenols is 1. The molecule has 3 fully saturated rings. The Bertz CT molecular complexity index is 528. The molecule has 3 aliphatic rings. The third-order valence-corrected chi connectivity index (χ3v) is 5.73. The molecule has 1 aromatic rings. The van der Waals surface area contributed by atoms with Crippen LogP contribution in [-0.2, 0) is 6.54 Å². The Labute approximate surface area is 175 Å². The average Bonchev–Trinajstić information content (AvgIpc) is 2.73. The van der Waals surface area contributed by atoms with Crippen molar-refractivity contribution in [3.63, 3.8) is 0 Å². The van der Waals surface area contributed by atoms with Crippen LogP contribution in [0.5, 0.6) is 5.75 Å². The molecular formula is C21H39N7O. The highest BCUT2D eigenvalue weighted by atomic mass is 16.3. The lowest BCUT2D eigenvalue weighted by Crippen LogP contribution is -2.64. The van der Waals surface area contributed by atoms with Gasteiger partial charge in [0.1, 0.15) is 5.75 Å². The van der Waals surface area contributed by atoms with Crippen molar-refractivity contribution in [3.05, 3.63) is 29.8 Å². The van der Waals surface area contributed by atoms with E-state index in [9.17, 15) is 5.11 Å². The largest absolute Gasteiger partial charge is 0.508 e. The number of hydrogen-bond donors (Lipinski definition) is 8. The minimum absolute atomic E-state index is 0.103. The van der Waals surface area contributed by atoms with Crippen LogP contribution in [0.3, 0.4) is 0 Å². The number of rotatable bonds is 3. The first kappa shape index (κ1) is 22.4. The predicted octanol–water partition coefficient (Wildman–Crippen LogP) is -1.60.